The van der Waals surface area contributed by atoms with Crippen molar-refractivity contribution in [3.05, 3.63) is 47.9 Å². The molecule has 0 radical (unpaired) electrons. The molecule has 3 aromatic rings. The van der Waals surface area contributed by atoms with Gasteiger partial charge in [-0.3, -0.25) is 10.00 Å². The van der Waals surface area contributed by atoms with Gasteiger partial charge in [0.2, 0.25) is 0 Å². The van der Waals surface area contributed by atoms with Crippen LogP contribution in [0, 0.1) is 0 Å². The summed E-state index contributed by atoms with van der Waals surface area (Å²) in [5.74, 6) is -3.02. The van der Waals surface area contributed by atoms with Crippen molar-refractivity contribution >= 4 is 16.9 Å². The Kier molecular flexibility index (Phi) is 5.50. The molecule has 0 unspecified atom stereocenters. The molecule has 1 aromatic carbocycles. The zero-order valence-corrected chi connectivity index (χ0v) is 16.0. The smallest absolute Gasteiger partial charge is 0.364 e. The van der Waals surface area contributed by atoms with Gasteiger partial charge in [0, 0.05) is 18.7 Å². The number of hydrogen-bond donors (Lipinski definition) is 2. The molecular formula is C19H18F6N6. The zero-order chi connectivity index (χ0) is 22.2. The van der Waals surface area contributed by atoms with Crippen LogP contribution in [-0.4, -0.2) is 56.9 Å². The fourth-order valence-corrected chi connectivity index (χ4v) is 3.60. The van der Waals surface area contributed by atoms with E-state index in [-0.39, 0.29) is 19.5 Å². The molecule has 1 saturated heterocycles. The molecule has 166 valence electrons. The predicted octanol–water partition coefficient (Wildman–Crippen LogP) is 3.99. The Morgan fingerprint density at radius 1 is 1.06 bits per heavy atom. The largest absolute Gasteiger partial charge is 0.416 e. The topological polar surface area (TPSA) is 69.7 Å². The van der Waals surface area contributed by atoms with Crippen LogP contribution in [0.2, 0.25) is 0 Å². The van der Waals surface area contributed by atoms with E-state index in [1.54, 1.807) is 0 Å². The lowest BCUT2D eigenvalue weighted by molar-refractivity contribution is -0.137. The van der Waals surface area contributed by atoms with Crippen molar-refractivity contribution in [2.75, 3.05) is 25.0 Å². The quantitative estimate of drug-likeness (QED) is 0.583. The van der Waals surface area contributed by atoms with Crippen LogP contribution in [0.15, 0.2) is 36.8 Å². The minimum absolute atomic E-state index is 0.188. The number of anilines is 1. The van der Waals surface area contributed by atoms with Gasteiger partial charge in [-0.2, -0.15) is 27.1 Å². The zero-order valence-electron chi connectivity index (χ0n) is 16.0. The first-order valence-corrected chi connectivity index (χ1v) is 9.46. The summed E-state index contributed by atoms with van der Waals surface area (Å²) >= 11 is 0. The Bertz CT molecular complexity index is 1030. The van der Waals surface area contributed by atoms with E-state index in [0.717, 1.165) is 12.1 Å². The number of fused-ring (bicyclic) bond motifs is 1. The number of piperidine rings is 1. The van der Waals surface area contributed by atoms with Gasteiger partial charge in [-0.05, 0) is 18.6 Å². The second kappa shape index (κ2) is 7.98. The molecule has 31 heavy (non-hydrogen) atoms. The molecule has 1 aliphatic heterocycles. The third-order valence-electron chi connectivity index (χ3n) is 5.25. The molecule has 2 atom stereocenters. The van der Waals surface area contributed by atoms with Gasteiger partial charge in [0.05, 0.1) is 29.7 Å². The van der Waals surface area contributed by atoms with Gasteiger partial charge in [0.25, 0.3) is 5.92 Å². The molecule has 6 nitrogen and oxygen atoms in total. The van der Waals surface area contributed by atoms with Crippen molar-refractivity contribution in [3.8, 4) is 0 Å². The molecule has 0 bridgehead atoms. The lowest BCUT2D eigenvalue weighted by atomic mass is 10.0. The average Bonchev–Trinajstić information content (AvgIpc) is 3.19. The molecular weight excluding hydrogens is 426 g/mol. The van der Waals surface area contributed by atoms with Crippen LogP contribution >= 0.6 is 0 Å². The van der Waals surface area contributed by atoms with Crippen LogP contribution in [0.5, 0.6) is 0 Å². The van der Waals surface area contributed by atoms with Crippen molar-refractivity contribution < 1.29 is 26.3 Å². The van der Waals surface area contributed by atoms with Crippen LogP contribution in [0.1, 0.15) is 17.5 Å². The highest BCUT2D eigenvalue weighted by Crippen LogP contribution is 2.34. The number of nitrogens with one attached hydrogen (secondary N) is 2. The van der Waals surface area contributed by atoms with Gasteiger partial charge < -0.3 is 5.32 Å². The predicted molar refractivity (Wildman–Crippen MR) is 100 cm³/mol. The van der Waals surface area contributed by atoms with Crippen molar-refractivity contribution in [3.63, 3.8) is 0 Å². The molecule has 2 aromatic heterocycles. The summed E-state index contributed by atoms with van der Waals surface area (Å²) in [4.78, 5) is 9.36. The van der Waals surface area contributed by atoms with Gasteiger partial charge in [0.15, 0.2) is 5.65 Å². The number of aromatic nitrogens is 4. The normalized spacial score (nSPS) is 20.8. The van der Waals surface area contributed by atoms with Crippen LogP contribution in [-0.2, 0) is 12.1 Å². The van der Waals surface area contributed by atoms with Crippen molar-refractivity contribution in [2.24, 2.45) is 0 Å². The molecule has 1 aliphatic rings. The second-order valence-electron chi connectivity index (χ2n) is 7.42. The first kappa shape index (κ1) is 21.3. The van der Waals surface area contributed by atoms with Gasteiger partial charge >= 0.3 is 6.18 Å². The molecule has 0 aliphatic carbocycles. The first-order valence-electron chi connectivity index (χ1n) is 9.46. The summed E-state index contributed by atoms with van der Waals surface area (Å²) in [7, 11) is 0. The highest BCUT2D eigenvalue weighted by atomic mass is 19.4. The monoisotopic (exact) mass is 444 g/mol. The van der Waals surface area contributed by atoms with Gasteiger partial charge in [0.1, 0.15) is 18.3 Å². The van der Waals surface area contributed by atoms with Gasteiger partial charge in [-0.15, -0.1) is 0 Å². The molecule has 0 spiro atoms. The second-order valence-corrected chi connectivity index (χ2v) is 7.42. The fraction of sp³-hybridized carbons (Fsp3) is 0.421. The Hall–Kier alpha value is -2.89. The van der Waals surface area contributed by atoms with Crippen LogP contribution in [0.4, 0.5) is 32.2 Å². The lowest BCUT2D eigenvalue weighted by Crippen LogP contribution is -2.50. The number of nitrogens with zero attached hydrogens (tertiary/aromatic N) is 4. The van der Waals surface area contributed by atoms with Gasteiger partial charge in [-0.25, -0.2) is 14.4 Å². The maximum absolute atomic E-state index is 14.7. The fourth-order valence-electron chi connectivity index (χ4n) is 3.60. The Labute approximate surface area is 172 Å². The number of likely N-dealkylation sites (tertiary alicyclic amines) is 1. The average molecular weight is 444 g/mol. The van der Waals surface area contributed by atoms with Crippen molar-refractivity contribution in [1.29, 1.82) is 0 Å². The van der Waals surface area contributed by atoms with Crippen LogP contribution in [0.3, 0.4) is 0 Å². The number of rotatable bonds is 5. The van der Waals surface area contributed by atoms with Crippen molar-refractivity contribution in [2.45, 2.75) is 30.7 Å². The molecule has 4 rings (SSSR count). The van der Waals surface area contributed by atoms with Crippen LogP contribution < -0.4 is 5.32 Å². The Morgan fingerprint density at radius 3 is 2.45 bits per heavy atom. The maximum Gasteiger partial charge on any atom is 0.416 e. The molecule has 0 amide bonds. The summed E-state index contributed by atoms with van der Waals surface area (Å²) in [5, 5.41) is 10.1. The summed E-state index contributed by atoms with van der Waals surface area (Å²) in [6.45, 7) is -0.841. The number of aromatic amines is 1. The third-order valence-corrected chi connectivity index (χ3v) is 5.25. The summed E-state index contributed by atoms with van der Waals surface area (Å²) in [5.41, 5.74) is -1.06. The van der Waals surface area contributed by atoms with Crippen molar-refractivity contribution in [1.82, 2.24) is 25.1 Å². The molecule has 2 N–H and O–H groups in total. The number of H-pyrrole nitrogens is 1. The molecule has 12 heteroatoms. The van der Waals surface area contributed by atoms with E-state index in [1.165, 1.54) is 17.4 Å². The minimum atomic E-state index is -4.60. The van der Waals surface area contributed by atoms with E-state index in [4.69, 9.17) is 0 Å². The third kappa shape index (κ3) is 4.58. The van der Waals surface area contributed by atoms with E-state index >= 15 is 0 Å². The number of alkyl halides is 6. The molecule has 3 heterocycles. The van der Waals surface area contributed by atoms with Crippen LogP contribution in [0.25, 0.3) is 11.0 Å². The minimum Gasteiger partial charge on any atom is -0.364 e. The number of benzene rings is 1. The lowest BCUT2D eigenvalue weighted by Gasteiger charge is -2.37. The first-order chi connectivity index (χ1) is 14.6. The molecule has 1 fully saturated rings. The summed E-state index contributed by atoms with van der Waals surface area (Å²) in [6, 6.07) is 2.12. The highest BCUT2D eigenvalue weighted by Gasteiger charge is 2.39. The number of halogens is 6. The van der Waals surface area contributed by atoms with E-state index < -0.39 is 42.0 Å². The summed E-state index contributed by atoms with van der Waals surface area (Å²) in [6.07, 6.45) is -3.00. The summed E-state index contributed by atoms with van der Waals surface area (Å²) < 4.78 is 81.8. The maximum atomic E-state index is 14.7. The molecule has 0 saturated carbocycles. The van der Waals surface area contributed by atoms with E-state index in [0.29, 0.717) is 29.0 Å². The SMILES string of the molecule is F[C@@H]1CN(CC(F)(F)c2ccc(C(F)(F)F)cc2)CC[C@@H]1Nc1ncnc2[nH]ncc12. The van der Waals surface area contributed by atoms with E-state index in [1.807, 2.05) is 0 Å². The van der Waals surface area contributed by atoms with Gasteiger partial charge in [-0.1, -0.05) is 12.1 Å². The Morgan fingerprint density at radius 2 is 1.77 bits per heavy atom. The van der Waals surface area contributed by atoms with E-state index in [9.17, 15) is 26.3 Å². The standard InChI is InChI=1S/C19H18F6N6/c20-14-8-31(9-18(21,22)11-1-3-12(4-2-11)19(23,24)25)6-5-15(14)29-16-13-7-28-30-17(13)27-10-26-16/h1-4,7,10,14-15H,5-6,8-9H2,(H2,26,27,28,29,30)/t14-,15+/m1/s1. The van der Waals surface area contributed by atoms with E-state index in [2.05, 4.69) is 25.5 Å². The highest BCUT2D eigenvalue weighted by molar-refractivity contribution is 5.85. The Balaban J connectivity index is 1.38. The number of hydrogen-bond acceptors (Lipinski definition) is 5.